The Balaban J connectivity index is 1.54. The fraction of sp³-hybridized carbons (Fsp3) is 0.469. The molecule has 244 valence electrons. The van der Waals surface area contributed by atoms with Crippen molar-refractivity contribution in [3.8, 4) is 0 Å². The highest BCUT2D eigenvalue weighted by molar-refractivity contribution is 5.91. The number of carbonyl (C=O) groups is 3. The topological polar surface area (TPSA) is 200 Å². The summed E-state index contributed by atoms with van der Waals surface area (Å²) in [7, 11) is 1.23. The standard InChI is InChI=1S/C32H41N3O10/c1-32(2,3)45-31(42)35-22(13-17-9-11-18(12-10-17)28-27(39)26(38)25(37)24(16-36)44-28)29(40)34-23(30(41)43-4)14-19-15-33-21-8-6-5-7-20(19)21/h5-12,15,22-28,33,36-39H,13-14,16H2,1-4H3,(H,34,40)(H,35,42)/t22-,23-,24+,25+,26-,27?,28-/m0/s1. The lowest BCUT2D eigenvalue weighted by Crippen LogP contribution is -2.55. The number of aromatic amines is 1. The smallest absolute Gasteiger partial charge is 0.408 e. The van der Waals surface area contributed by atoms with Crippen molar-refractivity contribution in [3.05, 3.63) is 71.4 Å². The number of aromatic nitrogens is 1. The second-order valence-electron chi connectivity index (χ2n) is 12.0. The minimum atomic E-state index is -1.53. The number of hydrogen-bond acceptors (Lipinski definition) is 10. The minimum absolute atomic E-state index is 0.00101. The molecule has 1 aliphatic heterocycles. The first-order valence-electron chi connectivity index (χ1n) is 14.6. The van der Waals surface area contributed by atoms with E-state index >= 15 is 0 Å². The third-order valence-electron chi connectivity index (χ3n) is 7.55. The van der Waals surface area contributed by atoms with Crippen molar-refractivity contribution in [2.75, 3.05) is 13.7 Å². The van der Waals surface area contributed by atoms with E-state index in [0.29, 0.717) is 11.1 Å². The lowest BCUT2D eigenvalue weighted by Gasteiger charge is -2.40. The van der Waals surface area contributed by atoms with Crippen LogP contribution in [0, 0.1) is 0 Å². The molecule has 13 heteroatoms. The summed E-state index contributed by atoms with van der Waals surface area (Å²) < 4.78 is 16.0. The Labute approximate surface area is 260 Å². The van der Waals surface area contributed by atoms with E-state index in [1.165, 1.54) is 7.11 Å². The maximum atomic E-state index is 13.6. The summed E-state index contributed by atoms with van der Waals surface area (Å²) in [6.45, 7) is 4.51. The summed E-state index contributed by atoms with van der Waals surface area (Å²) in [6.07, 6.45) is -5.48. The summed E-state index contributed by atoms with van der Waals surface area (Å²) in [5.41, 5.74) is 1.90. The first-order valence-corrected chi connectivity index (χ1v) is 14.6. The van der Waals surface area contributed by atoms with Crippen LogP contribution in [-0.4, -0.2) is 99.2 Å². The highest BCUT2D eigenvalue weighted by Gasteiger charge is 2.44. The van der Waals surface area contributed by atoms with Gasteiger partial charge in [-0.1, -0.05) is 42.5 Å². The number of aliphatic hydroxyl groups is 4. The molecule has 13 nitrogen and oxygen atoms in total. The quantitative estimate of drug-likeness (QED) is 0.159. The fourth-order valence-corrected chi connectivity index (χ4v) is 5.24. The summed E-state index contributed by atoms with van der Waals surface area (Å²) in [4.78, 5) is 42.3. The van der Waals surface area contributed by atoms with Crippen molar-refractivity contribution in [3.63, 3.8) is 0 Å². The van der Waals surface area contributed by atoms with Crippen LogP contribution in [0.1, 0.15) is 43.6 Å². The lowest BCUT2D eigenvalue weighted by atomic mass is 9.90. The van der Waals surface area contributed by atoms with E-state index in [9.17, 15) is 34.8 Å². The number of ether oxygens (including phenoxy) is 3. The number of benzene rings is 2. The first-order chi connectivity index (χ1) is 21.3. The molecular weight excluding hydrogens is 586 g/mol. The third-order valence-corrected chi connectivity index (χ3v) is 7.55. The number of fused-ring (bicyclic) bond motifs is 1. The van der Waals surface area contributed by atoms with Gasteiger partial charge in [0.05, 0.1) is 13.7 Å². The van der Waals surface area contributed by atoms with Crippen LogP contribution in [0.3, 0.4) is 0 Å². The predicted octanol–water partition coefficient (Wildman–Crippen LogP) is 1.02. The molecule has 7 N–H and O–H groups in total. The molecule has 2 amide bonds. The van der Waals surface area contributed by atoms with E-state index in [-0.39, 0.29) is 12.8 Å². The van der Waals surface area contributed by atoms with Gasteiger partial charge in [0.1, 0.15) is 48.2 Å². The molecule has 0 saturated carbocycles. The number of carbonyl (C=O) groups excluding carboxylic acids is 3. The molecule has 1 fully saturated rings. The normalized spacial score (nSPS) is 23.2. The van der Waals surface area contributed by atoms with E-state index in [2.05, 4.69) is 15.6 Å². The molecule has 0 aliphatic carbocycles. The van der Waals surface area contributed by atoms with Crippen LogP contribution in [0.15, 0.2) is 54.7 Å². The first kappa shape index (κ1) is 33.9. The summed E-state index contributed by atoms with van der Waals surface area (Å²) >= 11 is 0. The average molecular weight is 628 g/mol. The van der Waals surface area contributed by atoms with Gasteiger partial charge in [0.2, 0.25) is 5.91 Å². The van der Waals surface area contributed by atoms with Crippen LogP contribution < -0.4 is 10.6 Å². The van der Waals surface area contributed by atoms with E-state index in [1.807, 2.05) is 24.3 Å². The summed E-state index contributed by atoms with van der Waals surface area (Å²) in [6, 6.07) is 11.9. The molecule has 2 aromatic carbocycles. The number of H-pyrrole nitrogens is 1. The maximum Gasteiger partial charge on any atom is 0.408 e. The molecule has 1 unspecified atom stereocenters. The predicted molar refractivity (Wildman–Crippen MR) is 162 cm³/mol. The van der Waals surface area contributed by atoms with Gasteiger partial charge in [-0.2, -0.15) is 0 Å². The summed E-state index contributed by atoms with van der Waals surface area (Å²) in [5.74, 6) is -1.30. The van der Waals surface area contributed by atoms with E-state index < -0.39 is 72.8 Å². The van der Waals surface area contributed by atoms with Crippen molar-refractivity contribution in [2.24, 2.45) is 0 Å². The second-order valence-corrected chi connectivity index (χ2v) is 12.0. The number of esters is 1. The van der Waals surface area contributed by atoms with Gasteiger partial charge in [0, 0.05) is 29.9 Å². The van der Waals surface area contributed by atoms with E-state index in [4.69, 9.17) is 14.2 Å². The Morgan fingerprint density at radius 2 is 1.62 bits per heavy atom. The van der Waals surface area contributed by atoms with Crippen LogP contribution in [0.25, 0.3) is 10.9 Å². The van der Waals surface area contributed by atoms with Gasteiger partial charge >= 0.3 is 12.1 Å². The van der Waals surface area contributed by atoms with Gasteiger partial charge in [-0.15, -0.1) is 0 Å². The fourth-order valence-electron chi connectivity index (χ4n) is 5.24. The van der Waals surface area contributed by atoms with Crippen molar-refractivity contribution in [2.45, 2.75) is 81.8 Å². The number of hydrogen-bond donors (Lipinski definition) is 7. The number of amides is 2. The average Bonchev–Trinajstić information content (AvgIpc) is 3.41. The largest absolute Gasteiger partial charge is 0.467 e. The van der Waals surface area contributed by atoms with Crippen LogP contribution in [-0.2, 0) is 36.6 Å². The van der Waals surface area contributed by atoms with Gasteiger partial charge < -0.3 is 50.3 Å². The Kier molecular flexibility index (Phi) is 10.8. The number of alkyl carbamates (subject to hydrolysis) is 1. The summed E-state index contributed by atoms with van der Waals surface area (Å²) in [5, 5.41) is 46.5. The molecule has 1 aromatic heterocycles. The van der Waals surface area contributed by atoms with Crippen molar-refractivity contribution >= 4 is 28.9 Å². The molecule has 0 bridgehead atoms. The molecule has 1 aliphatic rings. The van der Waals surface area contributed by atoms with Crippen LogP contribution in [0.4, 0.5) is 4.79 Å². The highest BCUT2D eigenvalue weighted by atomic mass is 16.6. The van der Waals surface area contributed by atoms with Gasteiger partial charge in [-0.3, -0.25) is 4.79 Å². The zero-order valence-corrected chi connectivity index (χ0v) is 25.6. The SMILES string of the molecule is COC(=O)[C@H](Cc1c[nH]c2ccccc12)NC(=O)[C@H](Cc1ccc([C@@H]2O[C@H](CO)[C@@H](O)[C@H](O)C2O)cc1)NC(=O)OC(C)(C)C. The highest BCUT2D eigenvalue weighted by Crippen LogP contribution is 2.32. The van der Waals surface area contributed by atoms with Crippen molar-refractivity contribution in [1.29, 1.82) is 0 Å². The van der Waals surface area contributed by atoms with Gasteiger partial charge in [0.15, 0.2) is 0 Å². The van der Waals surface area contributed by atoms with Gasteiger partial charge in [0.25, 0.3) is 0 Å². The Morgan fingerprint density at radius 3 is 2.27 bits per heavy atom. The molecule has 1 saturated heterocycles. The zero-order valence-electron chi connectivity index (χ0n) is 25.6. The maximum absolute atomic E-state index is 13.6. The van der Waals surface area contributed by atoms with E-state index in [1.54, 1.807) is 51.2 Å². The number of aliphatic hydroxyl groups excluding tert-OH is 4. The minimum Gasteiger partial charge on any atom is -0.467 e. The zero-order chi connectivity index (χ0) is 32.9. The molecule has 45 heavy (non-hydrogen) atoms. The Bertz CT molecular complexity index is 1470. The lowest BCUT2D eigenvalue weighted by molar-refractivity contribution is -0.231. The van der Waals surface area contributed by atoms with E-state index in [0.717, 1.165) is 16.5 Å². The molecule has 7 atom stereocenters. The van der Waals surface area contributed by atoms with Crippen molar-refractivity contribution < 1.29 is 49.0 Å². The van der Waals surface area contributed by atoms with Crippen LogP contribution in [0.2, 0.25) is 0 Å². The second kappa shape index (κ2) is 14.4. The van der Waals surface area contributed by atoms with Crippen LogP contribution in [0.5, 0.6) is 0 Å². The number of rotatable bonds is 10. The number of para-hydroxylation sites is 1. The molecule has 3 aromatic rings. The molecule has 2 heterocycles. The number of nitrogens with one attached hydrogen (secondary N) is 3. The molecule has 0 spiro atoms. The van der Waals surface area contributed by atoms with Crippen LogP contribution >= 0.6 is 0 Å². The van der Waals surface area contributed by atoms with Gasteiger partial charge in [-0.25, -0.2) is 9.59 Å². The molecular formula is C32H41N3O10. The molecule has 0 radical (unpaired) electrons. The van der Waals surface area contributed by atoms with Crippen molar-refractivity contribution in [1.82, 2.24) is 15.6 Å². The Morgan fingerprint density at radius 1 is 0.933 bits per heavy atom. The third kappa shape index (κ3) is 8.38. The number of methoxy groups -OCH3 is 1. The Hall–Kier alpha value is -4.01. The monoisotopic (exact) mass is 627 g/mol. The van der Waals surface area contributed by atoms with Gasteiger partial charge in [-0.05, 0) is 43.5 Å². The molecule has 4 rings (SSSR count).